The van der Waals surface area contributed by atoms with Gasteiger partial charge >= 0.3 is 5.69 Å². The number of H-pyrrole nitrogens is 1. The van der Waals surface area contributed by atoms with Crippen LogP contribution < -0.4 is 17.0 Å². The second-order valence-corrected chi connectivity index (χ2v) is 6.14. The molecule has 4 atom stereocenters. The molecular weight excluding hydrogens is 345 g/mol. The smallest absolute Gasteiger partial charge is 0.333 e. The highest BCUT2D eigenvalue weighted by Crippen LogP contribution is 2.32. The molecule has 2 aromatic heterocycles. The third-order valence-corrected chi connectivity index (χ3v) is 4.33. The summed E-state index contributed by atoms with van der Waals surface area (Å²) in [6.07, 6.45) is -4.56. The summed E-state index contributed by atoms with van der Waals surface area (Å²) < 4.78 is 21.3. The highest BCUT2D eigenvalue weighted by Gasteiger charge is 2.46. The lowest BCUT2D eigenvalue weighted by atomic mass is 10.1. The van der Waals surface area contributed by atoms with Gasteiger partial charge in [0.2, 0.25) is 5.95 Å². The number of rotatable bonds is 4. The number of fused-ring (bicyclic) bond motifs is 1. The van der Waals surface area contributed by atoms with Gasteiger partial charge in [-0.25, -0.2) is 13.8 Å². The Balaban J connectivity index is 2.27. The second-order valence-electron chi connectivity index (χ2n) is 5.30. The van der Waals surface area contributed by atoms with Crippen molar-refractivity contribution in [1.29, 1.82) is 0 Å². The minimum atomic E-state index is -1.88. The maximum atomic E-state index is 14.0. The fraction of sp³-hybridized carbons (Fsp3) is 0.583. The van der Waals surface area contributed by atoms with E-state index in [0.717, 1.165) is 9.13 Å². The van der Waals surface area contributed by atoms with Crippen molar-refractivity contribution in [2.24, 2.45) is 0 Å². The number of alkyl halides is 1. The van der Waals surface area contributed by atoms with Gasteiger partial charge in [0, 0.05) is 0 Å². The molecule has 0 unspecified atom stereocenters. The van der Waals surface area contributed by atoms with Crippen LogP contribution in [0.15, 0.2) is 9.59 Å². The first kappa shape index (κ1) is 17.0. The molecule has 0 radical (unpaired) electrons. The molecule has 1 fully saturated rings. The fourth-order valence-corrected chi connectivity index (χ4v) is 3.24. The minimum absolute atomic E-state index is 0.0535. The van der Waals surface area contributed by atoms with Gasteiger partial charge in [-0.2, -0.15) is 4.98 Å². The number of aliphatic hydroxyl groups is 2. The summed E-state index contributed by atoms with van der Waals surface area (Å²) in [6.45, 7) is -0.664. The number of thioether (sulfide) groups is 1. The van der Waals surface area contributed by atoms with Gasteiger partial charge in [0.05, 0.1) is 12.5 Å². The van der Waals surface area contributed by atoms with Crippen molar-refractivity contribution in [3.05, 3.63) is 20.8 Å². The Morgan fingerprint density at radius 1 is 1.50 bits per heavy atom. The predicted molar refractivity (Wildman–Crippen MR) is 84.4 cm³/mol. The molecule has 1 aliphatic rings. The van der Waals surface area contributed by atoms with E-state index >= 15 is 0 Å². The fourth-order valence-electron chi connectivity index (χ4n) is 2.75. The van der Waals surface area contributed by atoms with Gasteiger partial charge in [-0.15, -0.1) is 11.8 Å². The van der Waals surface area contributed by atoms with E-state index in [1.54, 1.807) is 6.26 Å². The Hall–Kier alpha value is -1.89. The molecule has 0 bridgehead atoms. The lowest BCUT2D eigenvalue weighted by Gasteiger charge is -2.15. The van der Waals surface area contributed by atoms with Gasteiger partial charge in [-0.1, -0.05) is 0 Å². The van der Waals surface area contributed by atoms with E-state index in [1.807, 2.05) is 0 Å². The molecule has 132 valence electrons. The number of hydrogen-bond donors (Lipinski definition) is 4. The van der Waals surface area contributed by atoms with Crippen molar-refractivity contribution < 1.29 is 19.3 Å². The molecule has 0 aromatic carbocycles. The van der Waals surface area contributed by atoms with Crippen molar-refractivity contribution in [3.8, 4) is 0 Å². The van der Waals surface area contributed by atoms with Crippen LogP contribution in [-0.2, 0) is 10.6 Å². The number of nitrogen functional groups attached to an aromatic ring is 1. The largest absolute Gasteiger partial charge is 0.394 e. The van der Waals surface area contributed by atoms with Gasteiger partial charge in [-0.3, -0.25) is 14.3 Å². The lowest BCUT2D eigenvalue weighted by molar-refractivity contribution is -0.0513. The van der Waals surface area contributed by atoms with Crippen molar-refractivity contribution in [2.45, 2.75) is 30.5 Å². The monoisotopic (exact) mass is 361 g/mol. The number of nitrogens with two attached hydrogens (primary N) is 1. The number of aliphatic hydroxyl groups excluding tert-OH is 2. The number of aromatic amines is 1. The summed E-state index contributed by atoms with van der Waals surface area (Å²) in [5.74, 6) is -0.0898. The first-order valence-corrected chi connectivity index (χ1v) is 8.38. The van der Waals surface area contributed by atoms with Crippen molar-refractivity contribution >= 4 is 28.9 Å². The molecule has 5 N–H and O–H groups in total. The average molecular weight is 361 g/mol. The van der Waals surface area contributed by atoms with Gasteiger partial charge in [0.25, 0.3) is 5.56 Å². The number of halogens is 1. The number of anilines is 1. The van der Waals surface area contributed by atoms with Crippen LogP contribution in [0, 0.1) is 0 Å². The molecule has 12 heteroatoms. The molecule has 0 aliphatic carbocycles. The topological polar surface area (TPSA) is 148 Å². The summed E-state index contributed by atoms with van der Waals surface area (Å²) in [7, 11) is 0. The first-order valence-electron chi connectivity index (χ1n) is 6.98. The lowest BCUT2D eigenvalue weighted by Crippen LogP contribution is -2.34. The quantitative estimate of drug-likeness (QED) is 0.508. The van der Waals surface area contributed by atoms with E-state index in [0.29, 0.717) is 0 Å². The Kier molecular flexibility index (Phi) is 4.38. The highest BCUT2D eigenvalue weighted by molar-refractivity contribution is 7.97. The Morgan fingerprint density at radius 3 is 2.79 bits per heavy atom. The van der Waals surface area contributed by atoms with E-state index in [-0.39, 0.29) is 23.0 Å². The molecule has 0 amide bonds. The molecule has 10 nitrogen and oxygen atoms in total. The number of nitrogens with one attached hydrogen (secondary N) is 1. The normalized spacial score (nSPS) is 27.2. The maximum Gasteiger partial charge on any atom is 0.333 e. The molecular formula is C12H16FN5O5S. The molecule has 0 spiro atoms. The van der Waals surface area contributed by atoms with E-state index < -0.39 is 42.5 Å². The molecule has 3 heterocycles. The van der Waals surface area contributed by atoms with Gasteiger partial charge < -0.3 is 20.7 Å². The third-order valence-electron chi connectivity index (χ3n) is 3.81. The van der Waals surface area contributed by atoms with Crippen molar-refractivity contribution in [3.63, 3.8) is 0 Å². The van der Waals surface area contributed by atoms with Crippen LogP contribution in [0.5, 0.6) is 0 Å². The summed E-state index contributed by atoms with van der Waals surface area (Å²) in [6, 6.07) is 0. The first-order chi connectivity index (χ1) is 11.4. The van der Waals surface area contributed by atoms with Crippen molar-refractivity contribution in [1.82, 2.24) is 19.1 Å². The van der Waals surface area contributed by atoms with Crippen LogP contribution >= 0.6 is 11.8 Å². The van der Waals surface area contributed by atoms with Crippen molar-refractivity contribution in [2.75, 3.05) is 18.6 Å². The van der Waals surface area contributed by atoms with Gasteiger partial charge in [-0.05, 0) is 6.26 Å². The predicted octanol–water partition coefficient (Wildman–Crippen LogP) is -1.62. The molecule has 3 rings (SSSR count). The molecule has 0 saturated carbocycles. The van der Waals surface area contributed by atoms with E-state index in [1.165, 1.54) is 11.8 Å². The Labute approximate surface area is 138 Å². The molecule has 24 heavy (non-hydrogen) atoms. The Bertz CT molecular complexity index is 879. The average Bonchev–Trinajstić information content (AvgIpc) is 2.96. The Morgan fingerprint density at radius 2 is 2.21 bits per heavy atom. The number of imidazole rings is 1. The van der Waals surface area contributed by atoms with Crippen LogP contribution in [0.1, 0.15) is 6.23 Å². The number of ether oxygens (including phenoxy) is 1. The van der Waals surface area contributed by atoms with Crippen LogP contribution in [0.4, 0.5) is 10.3 Å². The van der Waals surface area contributed by atoms with E-state index in [2.05, 4.69) is 9.97 Å². The van der Waals surface area contributed by atoms with Crippen LogP contribution in [0.25, 0.3) is 11.2 Å². The summed E-state index contributed by atoms with van der Waals surface area (Å²) in [4.78, 5) is 31.1. The number of aromatic nitrogens is 4. The van der Waals surface area contributed by atoms with Crippen LogP contribution in [-0.4, -0.2) is 60.6 Å². The van der Waals surface area contributed by atoms with E-state index in [9.17, 15) is 19.1 Å². The van der Waals surface area contributed by atoms with Crippen LogP contribution in [0.3, 0.4) is 0 Å². The third kappa shape index (κ3) is 2.42. The van der Waals surface area contributed by atoms with Crippen LogP contribution in [0.2, 0.25) is 0 Å². The summed E-state index contributed by atoms with van der Waals surface area (Å²) in [5, 5.41) is 19.2. The minimum Gasteiger partial charge on any atom is -0.394 e. The SMILES string of the molecule is CSCn1c(=O)n([C@@H]2O[C@H](CO)[C@@H](F)[C@H]2O)c2nc(N)[nH]c(=O)c21. The van der Waals surface area contributed by atoms with Gasteiger partial charge in [0.15, 0.2) is 23.6 Å². The maximum absolute atomic E-state index is 14.0. The zero-order chi connectivity index (χ0) is 17.6. The molecule has 2 aromatic rings. The zero-order valence-corrected chi connectivity index (χ0v) is 13.4. The zero-order valence-electron chi connectivity index (χ0n) is 12.5. The van der Waals surface area contributed by atoms with E-state index in [4.69, 9.17) is 15.6 Å². The number of hydrogen-bond acceptors (Lipinski definition) is 8. The molecule has 1 aliphatic heterocycles. The number of nitrogens with zero attached hydrogens (tertiary/aromatic N) is 3. The standard InChI is InChI=1S/C12H16FN5O5S/c1-24-3-17-6-8(15-11(14)16-9(6)21)18(12(17)22)10-7(20)5(13)4(2-19)23-10/h4-5,7,10,19-20H,2-3H2,1H3,(H3,14,15,16,21)/t4-,5-,7-,10-/m1/s1. The second kappa shape index (κ2) is 6.20. The highest BCUT2D eigenvalue weighted by atomic mass is 32.2. The molecule has 1 saturated heterocycles. The summed E-state index contributed by atoms with van der Waals surface area (Å²) in [5.41, 5.74) is 4.02. The summed E-state index contributed by atoms with van der Waals surface area (Å²) >= 11 is 1.28. The van der Waals surface area contributed by atoms with Gasteiger partial charge in [0.1, 0.15) is 12.2 Å².